The molecular weight excluding hydrogens is 284 g/mol. The van der Waals surface area contributed by atoms with Gasteiger partial charge < -0.3 is 13.9 Å². The predicted octanol–water partition coefficient (Wildman–Crippen LogP) is 3.61. The average molecular weight is 296 g/mol. The molecule has 0 N–H and O–H groups in total. The summed E-state index contributed by atoms with van der Waals surface area (Å²) in [5.41, 5.74) is 0.624. The van der Waals surface area contributed by atoms with Crippen LogP contribution >= 0.6 is 0 Å². The Morgan fingerprint density at radius 3 is 2.41 bits per heavy atom. The molecule has 3 aromatic rings. The van der Waals surface area contributed by atoms with Gasteiger partial charge in [0.15, 0.2) is 5.76 Å². The van der Waals surface area contributed by atoms with Crippen molar-refractivity contribution in [2.75, 3.05) is 7.11 Å². The first-order valence-corrected chi connectivity index (χ1v) is 6.58. The van der Waals surface area contributed by atoms with Crippen LogP contribution in [0.25, 0.3) is 22.3 Å². The quantitative estimate of drug-likeness (QED) is 0.676. The monoisotopic (exact) mass is 296 g/mol. The highest BCUT2D eigenvalue weighted by Crippen LogP contribution is 2.30. The molecule has 22 heavy (non-hydrogen) atoms. The normalized spacial score (nSPS) is 10.4. The number of hydrogen-bond acceptors (Lipinski definition) is 5. The van der Waals surface area contributed by atoms with Gasteiger partial charge in [-0.15, -0.1) is 0 Å². The maximum atomic E-state index is 12.6. The summed E-state index contributed by atoms with van der Waals surface area (Å²) in [6.45, 7) is 0. The van der Waals surface area contributed by atoms with Gasteiger partial charge in [0.1, 0.15) is 5.58 Å². The van der Waals surface area contributed by atoms with Crippen molar-refractivity contribution in [3.05, 3.63) is 64.8 Å². The topological polar surface area (TPSA) is 65.7 Å². The maximum Gasteiger partial charge on any atom is 0.513 e. The second-order valence-corrected chi connectivity index (χ2v) is 4.51. The lowest BCUT2D eigenvalue weighted by atomic mass is 10.1. The summed E-state index contributed by atoms with van der Waals surface area (Å²) in [5.74, 6) is 0.00597. The van der Waals surface area contributed by atoms with Crippen molar-refractivity contribution in [1.82, 2.24) is 0 Å². The third-order valence-electron chi connectivity index (χ3n) is 3.14. The van der Waals surface area contributed by atoms with Crippen LogP contribution in [0.2, 0.25) is 0 Å². The standard InChI is InChI=1S/C17H12O5/c1-20-17(19)22-16-14(18)12-9-5-6-10-13(12)21-15(16)11-7-3-2-4-8-11/h2-10H,1H3. The Balaban J connectivity index is 2.31. The molecule has 2 aromatic carbocycles. The first-order valence-electron chi connectivity index (χ1n) is 6.58. The highest BCUT2D eigenvalue weighted by molar-refractivity contribution is 5.83. The number of carbonyl (C=O) groups is 1. The number of carbonyl (C=O) groups excluding carboxylic acids is 1. The number of rotatable bonds is 2. The van der Waals surface area contributed by atoms with Crippen molar-refractivity contribution in [2.24, 2.45) is 0 Å². The van der Waals surface area contributed by atoms with Crippen LogP contribution in [0.15, 0.2) is 63.8 Å². The summed E-state index contributed by atoms with van der Waals surface area (Å²) in [7, 11) is 1.17. The second kappa shape index (κ2) is 5.73. The van der Waals surface area contributed by atoms with Crippen molar-refractivity contribution in [3.63, 3.8) is 0 Å². The van der Waals surface area contributed by atoms with E-state index >= 15 is 0 Å². The van der Waals surface area contributed by atoms with Crippen LogP contribution in [0.5, 0.6) is 5.75 Å². The number of ether oxygens (including phenoxy) is 2. The molecule has 0 aliphatic heterocycles. The first kappa shape index (κ1) is 13.9. The molecule has 0 saturated heterocycles. The van der Waals surface area contributed by atoms with Crippen LogP contribution in [-0.4, -0.2) is 13.3 Å². The van der Waals surface area contributed by atoms with E-state index in [-0.39, 0.29) is 11.5 Å². The zero-order valence-electron chi connectivity index (χ0n) is 11.7. The molecule has 1 aromatic heterocycles. The molecule has 0 fully saturated rings. The SMILES string of the molecule is COC(=O)Oc1c(-c2ccccc2)oc2ccccc2c1=O. The van der Waals surface area contributed by atoms with E-state index in [1.807, 2.05) is 6.07 Å². The fourth-order valence-corrected chi connectivity index (χ4v) is 2.12. The fraction of sp³-hybridized carbons (Fsp3) is 0.0588. The lowest BCUT2D eigenvalue weighted by Gasteiger charge is -2.09. The van der Waals surface area contributed by atoms with Crippen LogP contribution in [0.3, 0.4) is 0 Å². The number of para-hydroxylation sites is 1. The van der Waals surface area contributed by atoms with E-state index in [0.717, 1.165) is 0 Å². The summed E-state index contributed by atoms with van der Waals surface area (Å²) >= 11 is 0. The smallest absolute Gasteiger partial charge is 0.452 e. The molecule has 0 unspecified atom stereocenters. The van der Waals surface area contributed by atoms with Gasteiger partial charge in [-0.2, -0.15) is 0 Å². The Morgan fingerprint density at radius 2 is 1.68 bits per heavy atom. The summed E-state index contributed by atoms with van der Waals surface area (Å²) in [5, 5.41) is 0.334. The van der Waals surface area contributed by atoms with E-state index in [1.165, 1.54) is 7.11 Å². The molecular formula is C17H12O5. The lowest BCUT2D eigenvalue weighted by molar-refractivity contribution is 0.120. The number of hydrogen-bond donors (Lipinski definition) is 0. The van der Waals surface area contributed by atoms with Gasteiger partial charge in [-0.3, -0.25) is 4.79 Å². The molecule has 110 valence electrons. The Bertz CT molecular complexity index is 880. The molecule has 0 amide bonds. The van der Waals surface area contributed by atoms with Gasteiger partial charge in [0, 0.05) is 5.56 Å². The molecule has 3 rings (SSSR count). The number of fused-ring (bicyclic) bond motifs is 1. The molecule has 0 aliphatic rings. The molecule has 0 aliphatic carbocycles. The Kier molecular flexibility index (Phi) is 3.62. The van der Waals surface area contributed by atoms with E-state index < -0.39 is 11.6 Å². The highest BCUT2D eigenvalue weighted by Gasteiger charge is 2.20. The molecule has 5 heteroatoms. The van der Waals surface area contributed by atoms with Gasteiger partial charge in [0.25, 0.3) is 0 Å². The lowest BCUT2D eigenvalue weighted by Crippen LogP contribution is -2.15. The van der Waals surface area contributed by atoms with Gasteiger partial charge in [-0.05, 0) is 12.1 Å². The van der Waals surface area contributed by atoms with E-state index in [4.69, 9.17) is 9.15 Å². The molecule has 0 spiro atoms. The minimum absolute atomic E-state index is 0.184. The van der Waals surface area contributed by atoms with Crippen molar-refractivity contribution in [1.29, 1.82) is 0 Å². The molecule has 0 atom stereocenters. The highest BCUT2D eigenvalue weighted by atomic mass is 16.7. The van der Waals surface area contributed by atoms with E-state index in [2.05, 4.69) is 4.74 Å². The summed E-state index contributed by atoms with van der Waals surface area (Å²) in [6.07, 6.45) is -0.972. The zero-order chi connectivity index (χ0) is 15.5. The van der Waals surface area contributed by atoms with Crippen molar-refractivity contribution < 1.29 is 18.7 Å². The Morgan fingerprint density at radius 1 is 1.00 bits per heavy atom. The van der Waals surface area contributed by atoms with E-state index in [1.54, 1.807) is 48.5 Å². The van der Waals surface area contributed by atoms with E-state index in [9.17, 15) is 9.59 Å². The molecule has 1 heterocycles. The first-order chi connectivity index (χ1) is 10.7. The second-order valence-electron chi connectivity index (χ2n) is 4.51. The summed E-state index contributed by atoms with van der Waals surface area (Å²) in [4.78, 5) is 24.0. The summed E-state index contributed by atoms with van der Waals surface area (Å²) < 4.78 is 15.3. The number of benzene rings is 2. The largest absolute Gasteiger partial charge is 0.513 e. The van der Waals surface area contributed by atoms with Crippen molar-refractivity contribution >= 4 is 17.1 Å². The molecule has 5 nitrogen and oxygen atoms in total. The van der Waals surface area contributed by atoms with Gasteiger partial charge in [0.2, 0.25) is 11.2 Å². The van der Waals surface area contributed by atoms with Crippen molar-refractivity contribution in [2.45, 2.75) is 0 Å². The van der Waals surface area contributed by atoms with Crippen LogP contribution in [0, 0.1) is 0 Å². The van der Waals surface area contributed by atoms with Gasteiger partial charge in [0.05, 0.1) is 12.5 Å². The molecule has 0 saturated carbocycles. The number of methoxy groups -OCH3 is 1. The predicted molar refractivity (Wildman–Crippen MR) is 81.0 cm³/mol. The van der Waals surface area contributed by atoms with Crippen LogP contribution in [0.1, 0.15) is 0 Å². The van der Waals surface area contributed by atoms with E-state index in [0.29, 0.717) is 16.5 Å². The average Bonchev–Trinajstić information content (AvgIpc) is 2.58. The van der Waals surface area contributed by atoms with Crippen LogP contribution in [0.4, 0.5) is 4.79 Å². The van der Waals surface area contributed by atoms with Gasteiger partial charge >= 0.3 is 6.16 Å². The maximum absolute atomic E-state index is 12.6. The van der Waals surface area contributed by atoms with Crippen LogP contribution < -0.4 is 10.2 Å². The van der Waals surface area contributed by atoms with Crippen molar-refractivity contribution in [3.8, 4) is 17.1 Å². The molecule has 0 radical (unpaired) electrons. The Hall–Kier alpha value is -3.08. The minimum atomic E-state index is -0.972. The summed E-state index contributed by atoms with van der Waals surface area (Å²) in [6, 6.07) is 15.7. The van der Waals surface area contributed by atoms with Gasteiger partial charge in [-0.25, -0.2) is 4.79 Å². The minimum Gasteiger partial charge on any atom is -0.452 e. The molecule has 0 bridgehead atoms. The zero-order valence-corrected chi connectivity index (χ0v) is 11.7. The fourth-order valence-electron chi connectivity index (χ4n) is 2.12. The third kappa shape index (κ3) is 2.44. The van der Waals surface area contributed by atoms with Gasteiger partial charge in [-0.1, -0.05) is 42.5 Å². The van der Waals surface area contributed by atoms with Crippen LogP contribution in [-0.2, 0) is 4.74 Å². The third-order valence-corrected chi connectivity index (χ3v) is 3.14. The Labute approximate surface area is 125 Å².